The SMILES string of the molecule is Cc1cc(C)cc(Cc2ccc3c(c2)-c2cccc(C)c2C32c3ccccc3Cc3ccccc32)c1. The third-order valence-corrected chi connectivity index (χ3v) is 8.34. The minimum atomic E-state index is -0.264. The molecular formula is C36H30. The number of rotatable bonds is 2. The first-order chi connectivity index (χ1) is 17.6. The van der Waals surface area contributed by atoms with E-state index in [4.69, 9.17) is 0 Å². The van der Waals surface area contributed by atoms with Gasteiger partial charge < -0.3 is 0 Å². The number of fused-ring (bicyclic) bond motifs is 9. The van der Waals surface area contributed by atoms with Crippen LogP contribution in [0.3, 0.4) is 0 Å². The van der Waals surface area contributed by atoms with Gasteiger partial charge in [-0.15, -0.1) is 0 Å². The van der Waals surface area contributed by atoms with Gasteiger partial charge in [0.15, 0.2) is 0 Å². The van der Waals surface area contributed by atoms with Crippen LogP contribution in [0.2, 0.25) is 0 Å². The molecule has 0 heteroatoms. The van der Waals surface area contributed by atoms with Gasteiger partial charge in [-0.2, -0.15) is 0 Å². The smallest absolute Gasteiger partial charge is 0.0620 e. The van der Waals surface area contributed by atoms with Crippen molar-refractivity contribution in [1.29, 1.82) is 0 Å². The molecule has 0 heterocycles. The Kier molecular flexibility index (Phi) is 4.63. The fourth-order valence-electron chi connectivity index (χ4n) is 7.17. The molecule has 0 aliphatic heterocycles. The summed E-state index contributed by atoms with van der Waals surface area (Å²) in [5.41, 5.74) is 18.0. The molecule has 36 heavy (non-hydrogen) atoms. The van der Waals surface area contributed by atoms with E-state index < -0.39 is 0 Å². The Balaban J connectivity index is 1.52. The van der Waals surface area contributed by atoms with Gasteiger partial charge in [-0.05, 0) is 94.8 Å². The van der Waals surface area contributed by atoms with Crippen LogP contribution in [0.4, 0.5) is 0 Å². The minimum Gasteiger partial charge on any atom is -0.0620 e. The second-order valence-electron chi connectivity index (χ2n) is 10.8. The van der Waals surface area contributed by atoms with Gasteiger partial charge in [-0.3, -0.25) is 0 Å². The highest BCUT2D eigenvalue weighted by Gasteiger charge is 2.50. The molecule has 1 spiro atoms. The zero-order valence-electron chi connectivity index (χ0n) is 21.2. The molecule has 0 fully saturated rings. The normalized spacial score (nSPS) is 14.2. The van der Waals surface area contributed by atoms with E-state index in [-0.39, 0.29) is 5.41 Å². The molecule has 5 aromatic carbocycles. The summed E-state index contributed by atoms with van der Waals surface area (Å²) in [6.07, 6.45) is 1.95. The van der Waals surface area contributed by atoms with E-state index in [1.807, 2.05) is 0 Å². The monoisotopic (exact) mass is 462 g/mol. The van der Waals surface area contributed by atoms with E-state index >= 15 is 0 Å². The maximum absolute atomic E-state index is 2.47. The van der Waals surface area contributed by atoms with E-state index in [2.05, 4.69) is 124 Å². The van der Waals surface area contributed by atoms with Gasteiger partial charge in [0.05, 0.1) is 5.41 Å². The molecule has 0 aromatic heterocycles. The zero-order chi connectivity index (χ0) is 24.4. The molecule has 2 aliphatic rings. The first-order valence-electron chi connectivity index (χ1n) is 13.0. The van der Waals surface area contributed by atoms with Gasteiger partial charge in [0.2, 0.25) is 0 Å². The molecule has 0 saturated carbocycles. The highest BCUT2D eigenvalue weighted by atomic mass is 14.5. The van der Waals surface area contributed by atoms with Crippen molar-refractivity contribution in [2.24, 2.45) is 0 Å². The van der Waals surface area contributed by atoms with Crippen LogP contribution in [0.25, 0.3) is 11.1 Å². The summed E-state index contributed by atoms with van der Waals surface area (Å²) in [6.45, 7) is 6.68. The largest absolute Gasteiger partial charge is 0.0721 e. The maximum Gasteiger partial charge on any atom is 0.0721 e. The molecule has 0 N–H and O–H groups in total. The van der Waals surface area contributed by atoms with Crippen molar-refractivity contribution in [3.05, 3.63) is 164 Å². The van der Waals surface area contributed by atoms with Crippen molar-refractivity contribution in [3.8, 4) is 11.1 Å². The molecule has 0 radical (unpaired) electrons. The van der Waals surface area contributed by atoms with Crippen molar-refractivity contribution in [3.63, 3.8) is 0 Å². The van der Waals surface area contributed by atoms with Crippen LogP contribution < -0.4 is 0 Å². The van der Waals surface area contributed by atoms with E-state index in [0.717, 1.165) is 12.8 Å². The van der Waals surface area contributed by atoms with Gasteiger partial charge in [0.25, 0.3) is 0 Å². The fourth-order valence-corrected chi connectivity index (χ4v) is 7.17. The van der Waals surface area contributed by atoms with Gasteiger partial charge in [-0.25, -0.2) is 0 Å². The molecule has 0 bridgehead atoms. The van der Waals surface area contributed by atoms with Crippen LogP contribution >= 0.6 is 0 Å². The highest BCUT2D eigenvalue weighted by molar-refractivity contribution is 5.89. The van der Waals surface area contributed by atoms with Crippen molar-refractivity contribution in [2.75, 3.05) is 0 Å². The molecule has 0 amide bonds. The van der Waals surface area contributed by atoms with Gasteiger partial charge in [0, 0.05) is 0 Å². The number of benzene rings is 5. The Morgan fingerprint density at radius 1 is 0.556 bits per heavy atom. The molecule has 0 nitrogen and oxygen atoms in total. The first kappa shape index (κ1) is 21.4. The summed E-state index contributed by atoms with van der Waals surface area (Å²) in [4.78, 5) is 0. The van der Waals surface area contributed by atoms with Crippen LogP contribution in [0, 0.1) is 20.8 Å². The van der Waals surface area contributed by atoms with E-state index in [9.17, 15) is 0 Å². The average Bonchev–Trinajstić information content (AvgIpc) is 3.15. The molecule has 0 saturated heterocycles. The first-order valence-corrected chi connectivity index (χ1v) is 13.0. The second-order valence-corrected chi connectivity index (χ2v) is 10.8. The highest BCUT2D eigenvalue weighted by Crippen LogP contribution is 2.60. The Labute approximate surface area is 214 Å². The van der Waals surface area contributed by atoms with Gasteiger partial charge in [0.1, 0.15) is 0 Å². The number of aryl methyl sites for hydroxylation is 3. The van der Waals surface area contributed by atoms with Crippen LogP contribution in [0.5, 0.6) is 0 Å². The fraction of sp³-hybridized carbons (Fsp3) is 0.167. The average molecular weight is 463 g/mol. The lowest BCUT2D eigenvalue weighted by Crippen LogP contribution is -2.34. The Morgan fingerprint density at radius 2 is 1.22 bits per heavy atom. The van der Waals surface area contributed by atoms with Crippen molar-refractivity contribution >= 4 is 0 Å². The third-order valence-electron chi connectivity index (χ3n) is 8.34. The van der Waals surface area contributed by atoms with Crippen LogP contribution in [-0.2, 0) is 18.3 Å². The molecule has 174 valence electrons. The van der Waals surface area contributed by atoms with E-state index in [1.54, 1.807) is 0 Å². The maximum atomic E-state index is 2.47. The molecule has 0 atom stereocenters. The molecule has 7 rings (SSSR count). The van der Waals surface area contributed by atoms with Crippen LogP contribution in [0.1, 0.15) is 61.2 Å². The lowest BCUT2D eigenvalue weighted by Gasteiger charge is -2.41. The molecule has 0 unspecified atom stereocenters. The summed E-state index contributed by atoms with van der Waals surface area (Å²) in [5, 5.41) is 0. The van der Waals surface area contributed by atoms with Crippen LogP contribution in [-0.4, -0.2) is 0 Å². The Morgan fingerprint density at radius 3 is 1.92 bits per heavy atom. The minimum absolute atomic E-state index is 0.264. The predicted octanol–water partition coefficient (Wildman–Crippen LogP) is 8.47. The quantitative estimate of drug-likeness (QED) is 0.242. The topological polar surface area (TPSA) is 0 Å². The molecule has 5 aromatic rings. The van der Waals surface area contributed by atoms with E-state index in [0.29, 0.717) is 0 Å². The summed E-state index contributed by atoms with van der Waals surface area (Å²) in [7, 11) is 0. The van der Waals surface area contributed by atoms with Gasteiger partial charge in [-0.1, -0.05) is 114 Å². The Hall–Kier alpha value is -3.90. The summed E-state index contributed by atoms with van der Waals surface area (Å²) >= 11 is 0. The second kappa shape index (κ2) is 7.80. The molecule has 2 aliphatic carbocycles. The number of hydrogen-bond donors (Lipinski definition) is 0. The molecular weight excluding hydrogens is 432 g/mol. The van der Waals surface area contributed by atoms with Crippen molar-refractivity contribution in [2.45, 2.75) is 39.0 Å². The van der Waals surface area contributed by atoms with Crippen molar-refractivity contribution in [1.82, 2.24) is 0 Å². The third kappa shape index (κ3) is 2.94. The standard InChI is InChI=1S/C36H30/c1-23-17-24(2)19-27(18-23)20-26-15-16-34-31(21-26)30-12-8-9-25(3)35(30)36(34)32-13-6-4-10-28(32)22-29-11-5-7-14-33(29)36/h4-19,21H,20,22H2,1-3H3. The number of hydrogen-bond acceptors (Lipinski definition) is 0. The lowest BCUT2D eigenvalue weighted by atomic mass is 9.61. The summed E-state index contributed by atoms with van der Waals surface area (Å²) in [6, 6.07) is 39.3. The van der Waals surface area contributed by atoms with Gasteiger partial charge >= 0.3 is 0 Å². The summed E-state index contributed by atoms with van der Waals surface area (Å²) in [5.74, 6) is 0. The van der Waals surface area contributed by atoms with E-state index in [1.165, 1.54) is 72.3 Å². The predicted molar refractivity (Wildman–Crippen MR) is 150 cm³/mol. The lowest BCUT2D eigenvalue weighted by molar-refractivity contribution is 0.717. The van der Waals surface area contributed by atoms with Crippen molar-refractivity contribution < 1.29 is 0 Å². The summed E-state index contributed by atoms with van der Waals surface area (Å²) < 4.78 is 0. The zero-order valence-corrected chi connectivity index (χ0v) is 21.2. The van der Waals surface area contributed by atoms with Crippen LogP contribution in [0.15, 0.2) is 103 Å². The Bertz CT molecular complexity index is 1600.